The summed E-state index contributed by atoms with van der Waals surface area (Å²) in [5, 5.41) is 9.19. The first kappa shape index (κ1) is 11.5. The van der Waals surface area contributed by atoms with Gasteiger partial charge in [-0.15, -0.1) is 0 Å². The van der Waals surface area contributed by atoms with E-state index >= 15 is 0 Å². The third-order valence-electron chi connectivity index (χ3n) is 2.34. The number of carboxylic acids is 1. The lowest BCUT2D eigenvalue weighted by molar-refractivity contribution is 0.0694. The molecule has 1 rings (SSSR count). The summed E-state index contributed by atoms with van der Waals surface area (Å²) in [5.41, 5.74) is 1.70. The molecule has 0 radical (unpaired) electrons. The summed E-state index contributed by atoms with van der Waals surface area (Å²) >= 11 is 0. The van der Waals surface area contributed by atoms with Crippen LogP contribution in [0.4, 0.5) is 0 Å². The van der Waals surface area contributed by atoms with Gasteiger partial charge in [0.05, 0.1) is 5.56 Å². The van der Waals surface area contributed by atoms with E-state index in [1.165, 1.54) is 0 Å². The van der Waals surface area contributed by atoms with Gasteiger partial charge in [-0.1, -0.05) is 51.6 Å². The Morgan fingerprint density at radius 3 is 2.40 bits per heavy atom. The van der Waals surface area contributed by atoms with Crippen molar-refractivity contribution in [3.63, 3.8) is 0 Å². The molecule has 2 heteroatoms. The van der Waals surface area contributed by atoms with Crippen molar-refractivity contribution in [2.45, 2.75) is 26.2 Å². The zero-order valence-corrected chi connectivity index (χ0v) is 9.37. The van der Waals surface area contributed by atoms with E-state index in [1.54, 1.807) is 12.1 Å². The standard InChI is InChI=1S/C13H16O2/c1-5-9-7-6-8-10(13(2,3)4)11(9)12(14)15/h5-8H,1H2,2-4H3,(H,14,15). The number of hydrogen-bond acceptors (Lipinski definition) is 1. The molecule has 1 aromatic rings. The number of aromatic carboxylic acids is 1. The van der Waals surface area contributed by atoms with Crippen LogP contribution in [-0.2, 0) is 5.41 Å². The van der Waals surface area contributed by atoms with Gasteiger partial charge in [0, 0.05) is 0 Å². The average molecular weight is 204 g/mol. The zero-order chi connectivity index (χ0) is 11.6. The second kappa shape index (κ2) is 3.89. The third-order valence-corrected chi connectivity index (χ3v) is 2.34. The molecule has 0 saturated carbocycles. The number of hydrogen-bond donors (Lipinski definition) is 1. The van der Waals surface area contributed by atoms with Crippen LogP contribution in [0, 0.1) is 0 Å². The van der Waals surface area contributed by atoms with E-state index in [9.17, 15) is 9.90 Å². The lowest BCUT2D eigenvalue weighted by Gasteiger charge is -2.22. The molecule has 0 fully saturated rings. The number of carboxylic acid groups (broad SMARTS) is 1. The predicted molar refractivity (Wildman–Crippen MR) is 62.2 cm³/mol. The Bertz CT molecular complexity index is 397. The summed E-state index contributed by atoms with van der Waals surface area (Å²) in [6.07, 6.45) is 1.58. The van der Waals surface area contributed by atoms with Gasteiger partial charge in [0.1, 0.15) is 0 Å². The fourth-order valence-corrected chi connectivity index (χ4v) is 1.60. The molecule has 0 bridgehead atoms. The van der Waals surface area contributed by atoms with Crippen LogP contribution >= 0.6 is 0 Å². The molecule has 2 nitrogen and oxygen atoms in total. The first-order valence-corrected chi connectivity index (χ1v) is 4.87. The van der Waals surface area contributed by atoms with Crippen LogP contribution in [-0.4, -0.2) is 11.1 Å². The lowest BCUT2D eigenvalue weighted by Crippen LogP contribution is -2.17. The number of benzene rings is 1. The molecule has 1 N–H and O–H groups in total. The summed E-state index contributed by atoms with van der Waals surface area (Å²) in [7, 11) is 0. The normalized spacial score (nSPS) is 11.1. The van der Waals surface area contributed by atoms with E-state index in [-0.39, 0.29) is 5.41 Å². The van der Waals surface area contributed by atoms with Crippen molar-refractivity contribution in [2.24, 2.45) is 0 Å². The summed E-state index contributed by atoms with van der Waals surface area (Å²) in [4.78, 5) is 11.2. The second-order valence-electron chi connectivity index (χ2n) is 4.53. The minimum absolute atomic E-state index is 0.174. The summed E-state index contributed by atoms with van der Waals surface area (Å²) < 4.78 is 0. The molecule has 0 aromatic heterocycles. The first-order chi connectivity index (χ1) is 6.88. The maximum Gasteiger partial charge on any atom is 0.336 e. The Morgan fingerprint density at radius 2 is 2.00 bits per heavy atom. The van der Waals surface area contributed by atoms with Crippen molar-refractivity contribution >= 4 is 12.0 Å². The molecule has 0 aliphatic carbocycles. The molecule has 1 aromatic carbocycles. The maximum atomic E-state index is 11.2. The lowest BCUT2D eigenvalue weighted by atomic mass is 9.82. The molecule has 0 heterocycles. The highest BCUT2D eigenvalue weighted by Crippen LogP contribution is 2.28. The minimum Gasteiger partial charge on any atom is -0.478 e. The van der Waals surface area contributed by atoms with Crippen molar-refractivity contribution in [2.75, 3.05) is 0 Å². The van der Waals surface area contributed by atoms with Crippen LogP contribution in [0.15, 0.2) is 24.8 Å². The monoisotopic (exact) mass is 204 g/mol. The minimum atomic E-state index is -0.893. The van der Waals surface area contributed by atoms with Crippen molar-refractivity contribution < 1.29 is 9.90 Å². The molecule has 0 amide bonds. The highest BCUT2D eigenvalue weighted by atomic mass is 16.4. The molecule has 0 aliphatic rings. The van der Waals surface area contributed by atoms with Gasteiger partial charge in [-0.05, 0) is 16.5 Å². The van der Waals surface area contributed by atoms with Gasteiger partial charge in [0.25, 0.3) is 0 Å². The Hall–Kier alpha value is -1.57. The molecule has 15 heavy (non-hydrogen) atoms. The van der Waals surface area contributed by atoms with Gasteiger partial charge in [-0.3, -0.25) is 0 Å². The maximum absolute atomic E-state index is 11.2. The number of carbonyl (C=O) groups is 1. The van der Waals surface area contributed by atoms with Crippen LogP contribution in [0.1, 0.15) is 42.3 Å². The van der Waals surface area contributed by atoms with Crippen molar-refractivity contribution in [1.29, 1.82) is 0 Å². The summed E-state index contributed by atoms with van der Waals surface area (Å²) in [6.45, 7) is 9.64. The van der Waals surface area contributed by atoms with E-state index in [2.05, 4.69) is 6.58 Å². The SMILES string of the molecule is C=Cc1cccc(C(C)(C)C)c1C(=O)O. The summed E-state index contributed by atoms with van der Waals surface area (Å²) in [5.74, 6) is -0.893. The van der Waals surface area contributed by atoms with Gasteiger partial charge in [0.15, 0.2) is 0 Å². The molecular weight excluding hydrogens is 188 g/mol. The van der Waals surface area contributed by atoms with Crippen LogP contribution in [0.25, 0.3) is 6.08 Å². The van der Waals surface area contributed by atoms with Crippen LogP contribution < -0.4 is 0 Å². The van der Waals surface area contributed by atoms with E-state index in [1.807, 2.05) is 32.9 Å². The average Bonchev–Trinajstić information content (AvgIpc) is 2.15. The van der Waals surface area contributed by atoms with Gasteiger partial charge < -0.3 is 5.11 Å². The Morgan fingerprint density at radius 1 is 1.40 bits per heavy atom. The summed E-state index contributed by atoms with van der Waals surface area (Å²) in [6, 6.07) is 5.49. The van der Waals surface area contributed by atoms with Crippen molar-refractivity contribution in [3.05, 3.63) is 41.5 Å². The van der Waals surface area contributed by atoms with Gasteiger partial charge >= 0.3 is 5.97 Å². The highest BCUT2D eigenvalue weighted by Gasteiger charge is 2.22. The fourth-order valence-electron chi connectivity index (χ4n) is 1.60. The number of rotatable bonds is 2. The molecule has 0 unspecified atom stereocenters. The van der Waals surface area contributed by atoms with E-state index in [4.69, 9.17) is 0 Å². The molecule has 0 spiro atoms. The van der Waals surface area contributed by atoms with E-state index in [0.29, 0.717) is 11.1 Å². The zero-order valence-electron chi connectivity index (χ0n) is 9.37. The Kier molecular flexibility index (Phi) is 2.98. The first-order valence-electron chi connectivity index (χ1n) is 4.87. The molecule has 0 saturated heterocycles. The molecule has 0 aliphatic heterocycles. The third kappa shape index (κ3) is 2.27. The van der Waals surface area contributed by atoms with Gasteiger partial charge in [-0.25, -0.2) is 4.79 Å². The predicted octanol–water partition coefficient (Wildman–Crippen LogP) is 3.33. The topological polar surface area (TPSA) is 37.3 Å². The smallest absolute Gasteiger partial charge is 0.336 e. The molecule has 80 valence electrons. The van der Waals surface area contributed by atoms with E-state index < -0.39 is 5.97 Å². The molecule has 0 atom stereocenters. The Balaban J connectivity index is 3.52. The second-order valence-corrected chi connectivity index (χ2v) is 4.53. The quantitative estimate of drug-likeness (QED) is 0.802. The van der Waals surface area contributed by atoms with Crippen LogP contribution in [0.2, 0.25) is 0 Å². The van der Waals surface area contributed by atoms with Crippen LogP contribution in [0.3, 0.4) is 0 Å². The van der Waals surface area contributed by atoms with Crippen molar-refractivity contribution in [3.8, 4) is 0 Å². The van der Waals surface area contributed by atoms with Gasteiger partial charge in [0.2, 0.25) is 0 Å². The van der Waals surface area contributed by atoms with Crippen LogP contribution in [0.5, 0.6) is 0 Å². The van der Waals surface area contributed by atoms with E-state index in [0.717, 1.165) is 5.56 Å². The molecular formula is C13H16O2. The Labute approximate surface area is 90.3 Å². The largest absolute Gasteiger partial charge is 0.478 e. The van der Waals surface area contributed by atoms with Crippen molar-refractivity contribution in [1.82, 2.24) is 0 Å². The van der Waals surface area contributed by atoms with Gasteiger partial charge in [-0.2, -0.15) is 0 Å². The highest BCUT2D eigenvalue weighted by molar-refractivity contribution is 5.94. The fraction of sp³-hybridized carbons (Fsp3) is 0.308.